The Morgan fingerprint density at radius 3 is 2.25 bits per heavy atom. The second-order valence-corrected chi connectivity index (χ2v) is 8.86. The molecular weight excluding hydrogens is 428 g/mol. The van der Waals surface area contributed by atoms with Gasteiger partial charge in [-0.1, -0.05) is 29.8 Å². The summed E-state index contributed by atoms with van der Waals surface area (Å²) >= 11 is 0. The number of aryl methyl sites for hydroxylation is 1. The molecule has 0 aliphatic heterocycles. The number of nitrogens with zero attached hydrogens (tertiary/aromatic N) is 1. The lowest BCUT2D eigenvalue weighted by Crippen LogP contribution is -2.38. The van der Waals surface area contributed by atoms with Gasteiger partial charge in [0.15, 0.2) is 0 Å². The fraction of sp³-hybridized carbons (Fsp3) is 0.208. The Bertz CT molecular complexity index is 1160. The average Bonchev–Trinajstić information content (AvgIpc) is 2.79. The van der Waals surface area contributed by atoms with Crippen molar-refractivity contribution >= 4 is 27.3 Å². The van der Waals surface area contributed by atoms with Crippen LogP contribution >= 0.6 is 0 Å². The van der Waals surface area contributed by atoms with E-state index in [0.29, 0.717) is 29.5 Å². The van der Waals surface area contributed by atoms with E-state index in [1.165, 1.54) is 19.2 Å². The van der Waals surface area contributed by atoms with Gasteiger partial charge in [-0.2, -0.15) is 0 Å². The van der Waals surface area contributed by atoms with Gasteiger partial charge in [0.25, 0.3) is 10.0 Å². The highest BCUT2D eigenvalue weighted by atomic mass is 32.2. The third-order valence-corrected chi connectivity index (χ3v) is 6.51. The van der Waals surface area contributed by atoms with E-state index in [9.17, 15) is 13.2 Å². The molecule has 0 unspecified atom stereocenters. The monoisotopic (exact) mass is 454 g/mol. The summed E-state index contributed by atoms with van der Waals surface area (Å²) in [5.74, 6) is 0.564. The molecule has 0 bridgehead atoms. The summed E-state index contributed by atoms with van der Waals surface area (Å²) in [4.78, 5) is 13.0. The van der Waals surface area contributed by atoms with Crippen LogP contribution in [0.4, 0.5) is 11.4 Å². The van der Waals surface area contributed by atoms with Gasteiger partial charge in [-0.15, -0.1) is 0 Å². The molecule has 0 heterocycles. The molecule has 0 fully saturated rings. The third-order valence-electron chi connectivity index (χ3n) is 4.72. The van der Waals surface area contributed by atoms with Gasteiger partial charge in [0, 0.05) is 0 Å². The van der Waals surface area contributed by atoms with E-state index < -0.39 is 22.5 Å². The number of hydrogen-bond donors (Lipinski definition) is 1. The van der Waals surface area contributed by atoms with Crippen LogP contribution in [0.5, 0.6) is 11.5 Å². The minimum atomic E-state index is -4.01. The van der Waals surface area contributed by atoms with Crippen molar-refractivity contribution in [2.24, 2.45) is 0 Å². The van der Waals surface area contributed by atoms with Crippen LogP contribution in [-0.2, 0) is 14.8 Å². The fourth-order valence-electron chi connectivity index (χ4n) is 3.07. The second kappa shape index (κ2) is 10.2. The largest absolute Gasteiger partial charge is 0.497 e. The highest BCUT2D eigenvalue weighted by molar-refractivity contribution is 7.92. The lowest BCUT2D eigenvalue weighted by molar-refractivity contribution is -0.114. The molecule has 0 saturated carbocycles. The second-order valence-electron chi connectivity index (χ2n) is 7.00. The van der Waals surface area contributed by atoms with Crippen LogP contribution in [0.3, 0.4) is 0 Å². The molecule has 8 heteroatoms. The minimum absolute atomic E-state index is 0.0568. The number of benzene rings is 3. The number of hydrogen-bond acceptors (Lipinski definition) is 5. The van der Waals surface area contributed by atoms with E-state index in [4.69, 9.17) is 9.47 Å². The smallest absolute Gasteiger partial charge is 0.264 e. The Morgan fingerprint density at radius 2 is 1.62 bits per heavy atom. The molecule has 168 valence electrons. The number of anilines is 2. The number of carbonyl (C=O) groups excluding carboxylic acids is 1. The average molecular weight is 455 g/mol. The van der Waals surface area contributed by atoms with E-state index in [-0.39, 0.29) is 4.90 Å². The zero-order valence-electron chi connectivity index (χ0n) is 18.2. The van der Waals surface area contributed by atoms with Crippen molar-refractivity contribution in [3.8, 4) is 11.5 Å². The molecule has 7 nitrogen and oxygen atoms in total. The lowest BCUT2D eigenvalue weighted by Gasteiger charge is -2.24. The van der Waals surface area contributed by atoms with Gasteiger partial charge >= 0.3 is 0 Å². The predicted molar refractivity (Wildman–Crippen MR) is 125 cm³/mol. The summed E-state index contributed by atoms with van der Waals surface area (Å²) in [6, 6.07) is 20.0. The Hall–Kier alpha value is -3.52. The Morgan fingerprint density at radius 1 is 0.969 bits per heavy atom. The first-order chi connectivity index (χ1) is 15.3. The summed E-state index contributed by atoms with van der Waals surface area (Å²) in [6.45, 7) is 3.79. The summed E-state index contributed by atoms with van der Waals surface area (Å²) in [7, 11) is -2.51. The van der Waals surface area contributed by atoms with Gasteiger partial charge in [0.2, 0.25) is 5.91 Å². The number of carbonyl (C=O) groups is 1. The van der Waals surface area contributed by atoms with Crippen molar-refractivity contribution in [1.82, 2.24) is 0 Å². The van der Waals surface area contributed by atoms with Crippen molar-refractivity contribution in [3.05, 3.63) is 78.4 Å². The highest BCUT2D eigenvalue weighted by Gasteiger charge is 2.27. The molecular formula is C24H26N2O5S. The Kier molecular flexibility index (Phi) is 7.37. The Labute approximate surface area is 188 Å². The van der Waals surface area contributed by atoms with Gasteiger partial charge in [0.05, 0.1) is 30.0 Å². The third kappa shape index (κ3) is 5.39. The molecule has 0 spiro atoms. The van der Waals surface area contributed by atoms with Crippen molar-refractivity contribution in [2.75, 3.05) is 29.9 Å². The quantitative estimate of drug-likeness (QED) is 0.523. The first-order valence-electron chi connectivity index (χ1n) is 10.1. The van der Waals surface area contributed by atoms with Gasteiger partial charge in [0.1, 0.15) is 18.0 Å². The van der Waals surface area contributed by atoms with Gasteiger partial charge in [-0.25, -0.2) is 8.42 Å². The van der Waals surface area contributed by atoms with Crippen LogP contribution < -0.4 is 19.1 Å². The van der Waals surface area contributed by atoms with E-state index in [1.54, 1.807) is 60.7 Å². The first kappa shape index (κ1) is 23.1. The number of ether oxygens (including phenoxy) is 2. The molecule has 1 amide bonds. The number of para-hydroxylation sites is 2. The summed E-state index contributed by atoms with van der Waals surface area (Å²) in [5.41, 5.74) is 1.84. The number of rotatable bonds is 9. The molecule has 0 atom stereocenters. The van der Waals surface area contributed by atoms with E-state index in [2.05, 4.69) is 5.32 Å². The molecule has 3 aromatic carbocycles. The van der Waals surface area contributed by atoms with Crippen LogP contribution in [0.15, 0.2) is 77.7 Å². The molecule has 0 aliphatic carbocycles. The summed E-state index contributed by atoms with van der Waals surface area (Å²) in [5, 5.41) is 2.76. The van der Waals surface area contributed by atoms with Gasteiger partial charge in [-0.3, -0.25) is 9.10 Å². The Balaban J connectivity index is 1.93. The summed E-state index contributed by atoms with van der Waals surface area (Å²) < 4.78 is 38.7. The fourth-order valence-corrected chi connectivity index (χ4v) is 4.49. The maximum atomic E-state index is 13.5. The molecule has 3 rings (SSSR count). The zero-order valence-corrected chi connectivity index (χ0v) is 19.1. The van der Waals surface area contributed by atoms with E-state index in [0.717, 1.165) is 9.87 Å². The topological polar surface area (TPSA) is 84.9 Å². The minimum Gasteiger partial charge on any atom is -0.497 e. The number of sulfonamides is 1. The van der Waals surface area contributed by atoms with Crippen LogP contribution in [0, 0.1) is 6.92 Å². The van der Waals surface area contributed by atoms with E-state index >= 15 is 0 Å². The molecule has 1 N–H and O–H groups in total. The van der Waals surface area contributed by atoms with E-state index in [1.807, 2.05) is 13.8 Å². The zero-order chi connectivity index (χ0) is 23.1. The highest BCUT2D eigenvalue weighted by Crippen LogP contribution is 2.27. The lowest BCUT2D eigenvalue weighted by atomic mass is 10.2. The van der Waals surface area contributed by atoms with Crippen LogP contribution in [0.2, 0.25) is 0 Å². The van der Waals surface area contributed by atoms with Crippen LogP contribution in [-0.4, -0.2) is 34.6 Å². The van der Waals surface area contributed by atoms with Crippen molar-refractivity contribution in [2.45, 2.75) is 18.7 Å². The number of amides is 1. The van der Waals surface area contributed by atoms with Crippen LogP contribution in [0.1, 0.15) is 12.5 Å². The van der Waals surface area contributed by atoms with Gasteiger partial charge in [-0.05, 0) is 62.4 Å². The molecule has 32 heavy (non-hydrogen) atoms. The number of methoxy groups -OCH3 is 1. The molecule has 3 aromatic rings. The molecule has 0 saturated heterocycles. The van der Waals surface area contributed by atoms with Crippen molar-refractivity contribution in [1.29, 1.82) is 0 Å². The maximum absolute atomic E-state index is 13.5. The number of nitrogens with one attached hydrogen (secondary N) is 1. The van der Waals surface area contributed by atoms with Gasteiger partial charge < -0.3 is 14.8 Å². The summed E-state index contributed by atoms with van der Waals surface area (Å²) in [6.07, 6.45) is 0. The van der Waals surface area contributed by atoms with Crippen molar-refractivity contribution < 1.29 is 22.7 Å². The molecule has 0 aromatic heterocycles. The molecule has 0 aliphatic rings. The SMILES string of the molecule is CCOc1ccccc1NC(=O)CN(c1ccc(C)cc1)S(=O)(=O)c1ccc(OC)cc1. The van der Waals surface area contributed by atoms with Crippen molar-refractivity contribution in [3.63, 3.8) is 0 Å². The molecule has 0 radical (unpaired) electrons. The maximum Gasteiger partial charge on any atom is 0.264 e. The standard InChI is InChI=1S/C24H26N2O5S/c1-4-31-23-8-6-5-7-22(23)25-24(27)17-26(19-11-9-18(2)10-12-19)32(28,29)21-15-13-20(30-3)14-16-21/h5-16H,4,17H2,1-3H3,(H,25,27). The normalized spacial score (nSPS) is 11.0. The first-order valence-corrected chi connectivity index (χ1v) is 11.5. The van der Waals surface area contributed by atoms with Crippen LogP contribution in [0.25, 0.3) is 0 Å². The predicted octanol–water partition coefficient (Wildman–Crippen LogP) is 4.24.